The first-order valence-electron chi connectivity index (χ1n) is 6.20. The summed E-state index contributed by atoms with van der Waals surface area (Å²) in [7, 11) is 1.67. The van der Waals surface area contributed by atoms with Crippen molar-refractivity contribution in [3.05, 3.63) is 29.8 Å². The molecule has 1 aliphatic carbocycles. The van der Waals surface area contributed by atoms with E-state index in [1.165, 1.54) is 5.56 Å². The molecule has 1 saturated carbocycles. The molecule has 0 unspecified atom stereocenters. The van der Waals surface area contributed by atoms with Gasteiger partial charge < -0.3 is 10.1 Å². The molecule has 92 valence electrons. The van der Waals surface area contributed by atoms with E-state index in [-0.39, 0.29) is 5.91 Å². The predicted octanol–water partition coefficient (Wildman–Crippen LogP) is 2.15. The topological polar surface area (TPSA) is 38.3 Å². The van der Waals surface area contributed by atoms with Gasteiger partial charge in [0, 0.05) is 12.5 Å². The molecular weight excluding hydrogens is 214 g/mol. The fourth-order valence-corrected chi connectivity index (χ4v) is 1.79. The zero-order valence-electron chi connectivity index (χ0n) is 10.2. The van der Waals surface area contributed by atoms with Crippen LogP contribution < -0.4 is 10.1 Å². The van der Waals surface area contributed by atoms with Gasteiger partial charge in [-0.25, -0.2) is 0 Å². The highest BCUT2D eigenvalue weighted by Crippen LogP contribution is 2.28. The second kappa shape index (κ2) is 5.71. The number of hydrogen-bond donors (Lipinski definition) is 1. The molecule has 1 aromatic rings. The molecule has 0 heterocycles. The molecule has 1 N–H and O–H groups in total. The van der Waals surface area contributed by atoms with Gasteiger partial charge in [-0.05, 0) is 43.4 Å². The number of methoxy groups -OCH3 is 1. The maximum Gasteiger partial charge on any atom is 0.223 e. The summed E-state index contributed by atoms with van der Waals surface area (Å²) >= 11 is 0. The lowest BCUT2D eigenvalue weighted by Crippen LogP contribution is -2.26. The average molecular weight is 233 g/mol. The Labute approximate surface area is 102 Å². The summed E-state index contributed by atoms with van der Waals surface area (Å²) in [5, 5.41) is 2.97. The Hall–Kier alpha value is -1.51. The van der Waals surface area contributed by atoms with Gasteiger partial charge in [0.25, 0.3) is 0 Å². The molecule has 1 aliphatic rings. The molecule has 1 fully saturated rings. The Morgan fingerprint density at radius 3 is 2.65 bits per heavy atom. The number of hydrogen-bond acceptors (Lipinski definition) is 2. The average Bonchev–Trinajstić information content (AvgIpc) is 3.19. The van der Waals surface area contributed by atoms with Gasteiger partial charge in [0.1, 0.15) is 5.75 Å². The molecule has 0 aliphatic heterocycles. The van der Waals surface area contributed by atoms with E-state index in [0.717, 1.165) is 38.0 Å². The first-order chi connectivity index (χ1) is 8.29. The Bertz CT molecular complexity index is 368. The van der Waals surface area contributed by atoms with E-state index >= 15 is 0 Å². The Morgan fingerprint density at radius 1 is 1.35 bits per heavy atom. The molecular formula is C14H19NO2. The van der Waals surface area contributed by atoms with Gasteiger partial charge in [-0.2, -0.15) is 0 Å². The van der Waals surface area contributed by atoms with Gasteiger partial charge in [0.05, 0.1) is 7.11 Å². The molecule has 3 nitrogen and oxygen atoms in total. The highest BCUT2D eigenvalue weighted by molar-refractivity contribution is 5.80. The Balaban J connectivity index is 1.65. The minimum Gasteiger partial charge on any atom is -0.497 e. The van der Waals surface area contributed by atoms with Crippen LogP contribution >= 0.6 is 0 Å². The second-order valence-corrected chi connectivity index (χ2v) is 4.52. The van der Waals surface area contributed by atoms with Gasteiger partial charge in [-0.15, -0.1) is 0 Å². The summed E-state index contributed by atoms with van der Waals surface area (Å²) < 4.78 is 5.10. The third-order valence-corrected chi connectivity index (χ3v) is 3.05. The first kappa shape index (κ1) is 12.0. The van der Waals surface area contributed by atoms with E-state index in [1.54, 1.807) is 7.11 Å². The summed E-state index contributed by atoms with van der Waals surface area (Å²) in [6, 6.07) is 8.08. The smallest absolute Gasteiger partial charge is 0.223 e. The Morgan fingerprint density at radius 2 is 2.06 bits per heavy atom. The summed E-state index contributed by atoms with van der Waals surface area (Å²) in [6.45, 7) is 0.779. The number of carbonyl (C=O) groups excluding carboxylic acids is 1. The number of benzene rings is 1. The van der Waals surface area contributed by atoms with Crippen LogP contribution in [0.25, 0.3) is 0 Å². The van der Waals surface area contributed by atoms with E-state index in [2.05, 4.69) is 17.4 Å². The fourth-order valence-electron chi connectivity index (χ4n) is 1.79. The normalized spacial score (nSPS) is 14.4. The minimum absolute atomic E-state index is 0.236. The largest absolute Gasteiger partial charge is 0.497 e. The van der Waals surface area contributed by atoms with E-state index in [1.807, 2.05) is 12.1 Å². The van der Waals surface area contributed by atoms with Gasteiger partial charge in [0.2, 0.25) is 5.91 Å². The number of ether oxygens (including phenoxy) is 1. The van der Waals surface area contributed by atoms with Gasteiger partial charge in [-0.3, -0.25) is 4.79 Å². The zero-order chi connectivity index (χ0) is 12.1. The summed E-state index contributed by atoms with van der Waals surface area (Å²) in [6.07, 6.45) is 4.13. The highest BCUT2D eigenvalue weighted by atomic mass is 16.5. The maximum absolute atomic E-state index is 11.4. The summed E-state index contributed by atoms with van der Waals surface area (Å²) in [5.41, 5.74) is 1.28. The van der Waals surface area contributed by atoms with E-state index < -0.39 is 0 Å². The fraction of sp³-hybridized carbons (Fsp3) is 0.500. The summed E-state index contributed by atoms with van der Waals surface area (Å²) in [4.78, 5) is 11.4. The van der Waals surface area contributed by atoms with E-state index in [4.69, 9.17) is 4.74 Å². The van der Waals surface area contributed by atoms with Gasteiger partial charge >= 0.3 is 0 Å². The van der Waals surface area contributed by atoms with Crippen LogP contribution in [-0.2, 0) is 11.2 Å². The zero-order valence-corrected chi connectivity index (χ0v) is 10.2. The van der Waals surface area contributed by atoms with Crippen LogP contribution in [0.1, 0.15) is 24.8 Å². The molecule has 0 bridgehead atoms. The lowest BCUT2D eigenvalue weighted by atomic mass is 10.1. The van der Waals surface area contributed by atoms with Gasteiger partial charge in [0.15, 0.2) is 0 Å². The minimum atomic E-state index is 0.236. The van der Waals surface area contributed by atoms with Crippen molar-refractivity contribution in [2.75, 3.05) is 13.7 Å². The van der Waals surface area contributed by atoms with Crippen LogP contribution in [0.5, 0.6) is 5.75 Å². The Kier molecular flexibility index (Phi) is 4.02. The molecule has 0 saturated heterocycles. The lowest BCUT2D eigenvalue weighted by molar-refractivity contribution is -0.122. The van der Waals surface area contributed by atoms with Gasteiger partial charge in [-0.1, -0.05) is 12.1 Å². The molecule has 0 radical (unpaired) electrons. The van der Waals surface area contributed by atoms with E-state index in [0.29, 0.717) is 5.92 Å². The van der Waals surface area contributed by atoms with Crippen molar-refractivity contribution in [1.82, 2.24) is 5.32 Å². The van der Waals surface area contributed by atoms with Crippen LogP contribution in [0.2, 0.25) is 0 Å². The van der Waals surface area contributed by atoms with Crippen molar-refractivity contribution < 1.29 is 9.53 Å². The summed E-state index contributed by atoms with van der Waals surface area (Å²) in [5.74, 6) is 1.44. The first-order valence-corrected chi connectivity index (χ1v) is 6.20. The standard InChI is InChI=1S/C14H19NO2/c1-17-13-8-4-11(5-9-13)3-2-10-15-14(16)12-6-7-12/h4-5,8-9,12H,2-3,6-7,10H2,1H3,(H,15,16). The highest BCUT2D eigenvalue weighted by Gasteiger charge is 2.28. The van der Waals surface area contributed by atoms with Crippen molar-refractivity contribution in [3.8, 4) is 5.75 Å². The quantitative estimate of drug-likeness (QED) is 0.765. The molecule has 3 heteroatoms. The number of nitrogens with one attached hydrogen (secondary N) is 1. The van der Waals surface area contributed by atoms with Crippen LogP contribution in [0.15, 0.2) is 24.3 Å². The van der Waals surface area contributed by atoms with Crippen molar-refractivity contribution in [3.63, 3.8) is 0 Å². The molecule has 0 atom stereocenters. The van der Waals surface area contributed by atoms with Crippen molar-refractivity contribution >= 4 is 5.91 Å². The van der Waals surface area contributed by atoms with Crippen molar-refractivity contribution in [2.24, 2.45) is 5.92 Å². The second-order valence-electron chi connectivity index (χ2n) is 4.52. The third-order valence-electron chi connectivity index (χ3n) is 3.05. The lowest BCUT2D eigenvalue weighted by Gasteiger charge is -2.05. The monoisotopic (exact) mass is 233 g/mol. The number of aryl methyl sites for hydroxylation is 1. The van der Waals surface area contributed by atoms with E-state index in [9.17, 15) is 4.79 Å². The molecule has 1 amide bonds. The maximum atomic E-state index is 11.4. The third kappa shape index (κ3) is 3.77. The molecule has 2 rings (SSSR count). The van der Waals surface area contributed by atoms with Crippen LogP contribution in [-0.4, -0.2) is 19.6 Å². The number of amides is 1. The molecule has 1 aromatic carbocycles. The van der Waals surface area contributed by atoms with Crippen LogP contribution in [0.4, 0.5) is 0 Å². The van der Waals surface area contributed by atoms with Crippen molar-refractivity contribution in [2.45, 2.75) is 25.7 Å². The molecule has 17 heavy (non-hydrogen) atoms. The molecule has 0 spiro atoms. The predicted molar refractivity (Wildman–Crippen MR) is 67.0 cm³/mol. The number of rotatable bonds is 6. The SMILES string of the molecule is COc1ccc(CCCNC(=O)C2CC2)cc1. The number of carbonyl (C=O) groups is 1. The van der Waals surface area contributed by atoms with Crippen LogP contribution in [0.3, 0.4) is 0 Å². The van der Waals surface area contributed by atoms with Crippen molar-refractivity contribution in [1.29, 1.82) is 0 Å². The van der Waals surface area contributed by atoms with Crippen LogP contribution in [0, 0.1) is 5.92 Å². The molecule has 0 aromatic heterocycles.